The van der Waals surface area contributed by atoms with E-state index in [0.29, 0.717) is 17.3 Å². The van der Waals surface area contributed by atoms with Crippen LogP contribution in [0, 0.1) is 17.5 Å². The molecule has 2 aromatic carbocycles. The van der Waals surface area contributed by atoms with Crippen molar-refractivity contribution in [3.05, 3.63) is 65.0 Å². The van der Waals surface area contributed by atoms with Crippen molar-refractivity contribution in [2.24, 2.45) is 0 Å². The van der Waals surface area contributed by atoms with Crippen LogP contribution in [0.15, 0.2) is 36.4 Å². The lowest BCUT2D eigenvalue weighted by molar-refractivity contribution is 0.102. The maximum atomic E-state index is 13.5. The number of hydrogen-bond acceptors (Lipinski definition) is 2. The Kier molecular flexibility index (Phi) is 4.28. The summed E-state index contributed by atoms with van der Waals surface area (Å²) in [6.45, 7) is 1.59. The van der Waals surface area contributed by atoms with Gasteiger partial charge in [-0.2, -0.15) is 0 Å². The van der Waals surface area contributed by atoms with Crippen molar-refractivity contribution in [2.75, 3.05) is 5.32 Å². The molecule has 0 heterocycles. The molecule has 1 atom stereocenters. The minimum Gasteiger partial charge on any atom is -0.389 e. The van der Waals surface area contributed by atoms with Crippen LogP contribution in [-0.4, -0.2) is 11.0 Å². The van der Waals surface area contributed by atoms with Gasteiger partial charge in [-0.15, -0.1) is 0 Å². The number of hydrogen-bond donors (Lipinski definition) is 2. The average molecular weight is 295 g/mol. The summed E-state index contributed by atoms with van der Waals surface area (Å²) >= 11 is 0. The highest BCUT2D eigenvalue weighted by atomic mass is 19.2. The lowest BCUT2D eigenvalue weighted by Gasteiger charge is -2.09. The SMILES string of the molecule is CC(O)c1ccc(NC(=O)c2ccc(F)c(F)c2F)cc1. The number of carbonyl (C=O) groups is 1. The van der Waals surface area contributed by atoms with Gasteiger partial charge in [0.15, 0.2) is 17.5 Å². The minimum atomic E-state index is -1.69. The largest absolute Gasteiger partial charge is 0.389 e. The van der Waals surface area contributed by atoms with Gasteiger partial charge in [0.2, 0.25) is 0 Å². The zero-order valence-electron chi connectivity index (χ0n) is 11.0. The first-order chi connectivity index (χ1) is 9.90. The van der Waals surface area contributed by atoms with E-state index in [1.165, 1.54) is 12.1 Å². The van der Waals surface area contributed by atoms with Crippen LogP contribution >= 0.6 is 0 Å². The molecule has 0 fully saturated rings. The molecule has 2 N–H and O–H groups in total. The predicted octanol–water partition coefficient (Wildman–Crippen LogP) is 3.41. The van der Waals surface area contributed by atoms with Crippen LogP contribution < -0.4 is 5.32 Å². The Morgan fingerprint density at radius 1 is 1.05 bits per heavy atom. The molecule has 1 unspecified atom stereocenters. The lowest BCUT2D eigenvalue weighted by Crippen LogP contribution is -2.15. The Labute approximate surface area is 119 Å². The molecule has 0 aromatic heterocycles. The lowest BCUT2D eigenvalue weighted by atomic mass is 10.1. The monoisotopic (exact) mass is 295 g/mol. The van der Waals surface area contributed by atoms with Gasteiger partial charge in [-0.05, 0) is 36.8 Å². The molecular weight excluding hydrogens is 283 g/mol. The first-order valence-electron chi connectivity index (χ1n) is 6.13. The number of carbonyl (C=O) groups excluding carboxylic acids is 1. The van der Waals surface area contributed by atoms with Gasteiger partial charge in [-0.1, -0.05) is 12.1 Å². The number of aliphatic hydroxyl groups is 1. The topological polar surface area (TPSA) is 49.3 Å². The number of aliphatic hydroxyl groups excluding tert-OH is 1. The second kappa shape index (κ2) is 5.97. The summed E-state index contributed by atoms with van der Waals surface area (Å²) in [6.07, 6.45) is -0.654. The van der Waals surface area contributed by atoms with E-state index in [2.05, 4.69) is 5.32 Å². The summed E-state index contributed by atoms with van der Waals surface area (Å²) in [6, 6.07) is 7.75. The standard InChI is InChI=1S/C15H12F3NO2/c1-8(20)9-2-4-10(5-3-9)19-15(21)11-6-7-12(16)14(18)13(11)17/h2-8,20H,1H3,(H,19,21). The first-order valence-corrected chi connectivity index (χ1v) is 6.13. The molecule has 6 heteroatoms. The molecule has 21 heavy (non-hydrogen) atoms. The fourth-order valence-corrected chi connectivity index (χ4v) is 1.74. The number of nitrogens with one attached hydrogen (secondary N) is 1. The number of halogens is 3. The van der Waals surface area contributed by atoms with E-state index < -0.39 is 35.0 Å². The summed E-state index contributed by atoms with van der Waals surface area (Å²) in [4.78, 5) is 11.8. The number of amides is 1. The van der Waals surface area contributed by atoms with Crippen LogP contribution in [0.5, 0.6) is 0 Å². The van der Waals surface area contributed by atoms with Gasteiger partial charge >= 0.3 is 0 Å². The molecule has 3 nitrogen and oxygen atoms in total. The summed E-state index contributed by atoms with van der Waals surface area (Å²) < 4.78 is 39.4. The van der Waals surface area contributed by atoms with Crippen LogP contribution in [0.1, 0.15) is 28.9 Å². The zero-order chi connectivity index (χ0) is 15.6. The molecule has 0 radical (unpaired) electrons. The molecule has 1 amide bonds. The molecule has 0 aliphatic heterocycles. The van der Waals surface area contributed by atoms with Crippen LogP contribution in [0.3, 0.4) is 0 Å². The fraction of sp³-hybridized carbons (Fsp3) is 0.133. The second-order valence-electron chi connectivity index (χ2n) is 4.48. The van der Waals surface area contributed by atoms with E-state index in [1.807, 2.05) is 0 Å². The maximum absolute atomic E-state index is 13.5. The van der Waals surface area contributed by atoms with Gasteiger partial charge < -0.3 is 10.4 Å². The molecule has 0 bridgehead atoms. The summed E-state index contributed by atoms with van der Waals surface area (Å²) in [7, 11) is 0. The molecule has 0 aliphatic rings. The molecule has 2 aromatic rings. The molecule has 0 aliphatic carbocycles. The highest BCUT2D eigenvalue weighted by Gasteiger charge is 2.18. The van der Waals surface area contributed by atoms with Crippen molar-refractivity contribution in [3.8, 4) is 0 Å². The van der Waals surface area contributed by atoms with E-state index in [-0.39, 0.29) is 0 Å². The number of benzene rings is 2. The Hall–Kier alpha value is -2.34. The van der Waals surface area contributed by atoms with Gasteiger partial charge in [0.05, 0.1) is 11.7 Å². The maximum Gasteiger partial charge on any atom is 0.258 e. The molecule has 0 saturated heterocycles. The van der Waals surface area contributed by atoms with Crippen LogP contribution in [0.25, 0.3) is 0 Å². The van der Waals surface area contributed by atoms with E-state index in [9.17, 15) is 23.1 Å². The smallest absolute Gasteiger partial charge is 0.258 e. The third kappa shape index (κ3) is 3.22. The Bertz CT molecular complexity index is 669. The second-order valence-corrected chi connectivity index (χ2v) is 4.48. The number of rotatable bonds is 3. The van der Waals surface area contributed by atoms with Gasteiger partial charge in [-0.3, -0.25) is 4.79 Å². The zero-order valence-corrected chi connectivity index (χ0v) is 11.0. The van der Waals surface area contributed by atoms with Crippen molar-refractivity contribution in [1.82, 2.24) is 0 Å². The van der Waals surface area contributed by atoms with Crippen LogP contribution in [0.4, 0.5) is 18.9 Å². The van der Waals surface area contributed by atoms with Crippen molar-refractivity contribution in [1.29, 1.82) is 0 Å². The van der Waals surface area contributed by atoms with Crippen molar-refractivity contribution in [3.63, 3.8) is 0 Å². The quantitative estimate of drug-likeness (QED) is 0.853. The highest BCUT2D eigenvalue weighted by Crippen LogP contribution is 2.19. The van der Waals surface area contributed by atoms with Crippen molar-refractivity contribution >= 4 is 11.6 Å². The Balaban J connectivity index is 2.20. The molecular formula is C15H12F3NO2. The fourth-order valence-electron chi connectivity index (χ4n) is 1.74. The average Bonchev–Trinajstić information content (AvgIpc) is 2.45. The van der Waals surface area contributed by atoms with E-state index in [1.54, 1.807) is 19.1 Å². The third-order valence-electron chi connectivity index (χ3n) is 2.93. The minimum absolute atomic E-state index is 0.341. The van der Waals surface area contributed by atoms with Crippen molar-refractivity contribution < 1.29 is 23.1 Å². The Morgan fingerprint density at radius 3 is 2.24 bits per heavy atom. The highest BCUT2D eigenvalue weighted by molar-refractivity contribution is 6.04. The molecule has 0 spiro atoms. The van der Waals surface area contributed by atoms with E-state index in [4.69, 9.17) is 0 Å². The predicted molar refractivity (Wildman–Crippen MR) is 71.3 cm³/mol. The normalized spacial score (nSPS) is 12.0. The van der Waals surface area contributed by atoms with Gasteiger partial charge in [0.1, 0.15) is 0 Å². The van der Waals surface area contributed by atoms with Crippen LogP contribution in [-0.2, 0) is 0 Å². The first kappa shape index (κ1) is 15.1. The summed E-state index contributed by atoms with van der Waals surface area (Å²) in [5.41, 5.74) is 0.397. The molecule has 0 saturated carbocycles. The van der Waals surface area contributed by atoms with E-state index >= 15 is 0 Å². The Morgan fingerprint density at radius 2 is 1.67 bits per heavy atom. The van der Waals surface area contributed by atoms with Gasteiger partial charge in [0.25, 0.3) is 5.91 Å². The summed E-state index contributed by atoms with van der Waals surface area (Å²) in [5, 5.41) is 11.7. The number of anilines is 1. The van der Waals surface area contributed by atoms with Crippen LogP contribution in [0.2, 0.25) is 0 Å². The van der Waals surface area contributed by atoms with Gasteiger partial charge in [-0.25, -0.2) is 13.2 Å². The van der Waals surface area contributed by atoms with Crippen molar-refractivity contribution in [2.45, 2.75) is 13.0 Å². The molecule has 110 valence electrons. The molecule has 2 rings (SSSR count). The summed E-state index contributed by atoms with van der Waals surface area (Å²) in [5.74, 6) is -5.47. The van der Waals surface area contributed by atoms with E-state index in [0.717, 1.165) is 6.07 Å². The van der Waals surface area contributed by atoms with Gasteiger partial charge in [0, 0.05) is 5.69 Å². The third-order valence-corrected chi connectivity index (χ3v) is 2.93.